The smallest absolute Gasteiger partial charge is 0.239 e. The average Bonchev–Trinajstić information content (AvgIpc) is 2.54. The molecule has 0 saturated carbocycles. The molecular weight excluding hydrogens is 290 g/mol. The Balaban J connectivity index is 2.13. The zero-order valence-corrected chi connectivity index (χ0v) is 13.9. The largest absolute Gasteiger partial charge is 0.342 e. The minimum atomic E-state index is -1.17. The SMILES string of the molecule is CC1CCCN(C(=O)C(C)(C)C(=O)Nc2ccccc2C#N)C1. The van der Waals surface area contributed by atoms with E-state index in [1.165, 1.54) is 0 Å². The summed E-state index contributed by atoms with van der Waals surface area (Å²) in [5, 5.41) is 11.8. The first-order chi connectivity index (χ1) is 10.9. The third-order valence-corrected chi connectivity index (χ3v) is 4.34. The van der Waals surface area contributed by atoms with Crippen LogP contribution in [0.25, 0.3) is 0 Å². The second-order valence-corrected chi connectivity index (χ2v) is 6.74. The first-order valence-corrected chi connectivity index (χ1v) is 7.96. The lowest BCUT2D eigenvalue weighted by Crippen LogP contribution is -2.50. The molecule has 1 atom stereocenters. The van der Waals surface area contributed by atoms with Crippen molar-refractivity contribution in [1.29, 1.82) is 5.26 Å². The van der Waals surface area contributed by atoms with Gasteiger partial charge >= 0.3 is 0 Å². The van der Waals surface area contributed by atoms with Crippen LogP contribution >= 0.6 is 0 Å². The molecule has 1 heterocycles. The average molecular weight is 313 g/mol. The summed E-state index contributed by atoms with van der Waals surface area (Å²) in [6.07, 6.45) is 2.09. The maximum absolute atomic E-state index is 12.8. The van der Waals surface area contributed by atoms with Crippen molar-refractivity contribution in [2.45, 2.75) is 33.6 Å². The van der Waals surface area contributed by atoms with E-state index in [0.717, 1.165) is 12.8 Å². The topological polar surface area (TPSA) is 73.2 Å². The van der Waals surface area contributed by atoms with Gasteiger partial charge in [0.2, 0.25) is 11.8 Å². The Kier molecular flexibility index (Phi) is 5.05. The van der Waals surface area contributed by atoms with Crippen LogP contribution < -0.4 is 5.32 Å². The number of hydrogen-bond acceptors (Lipinski definition) is 3. The van der Waals surface area contributed by atoms with Crippen molar-refractivity contribution in [3.05, 3.63) is 29.8 Å². The second kappa shape index (κ2) is 6.82. The van der Waals surface area contributed by atoms with Gasteiger partial charge in [0.15, 0.2) is 0 Å². The fourth-order valence-corrected chi connectivity index (χ4v) is 2.83. The van der Waals surface area contributed by atoms with E-state index in [0.29, 0.717) is 30.3 Å². The number of hydrogen-bond donors (Lipinski definition) is 1. The summed E-state index contributed by atoms with van der Waals surface area (Å²) in [6.45, 7) is 6.80. The molecule has 0 spiro atoms. The highest BCUT2D eigenvalue weighted by molar-refractivity contribution is 6.10. The van der Waals surface area contributed by atoms with Crippen LogP contribution in [0.3, 0.4) is 0 Å². The van der Waals surface area contributed by atoms with Crippen molar-refractivity contribution in [2.75, 3.05) is 18.4 Å². The molecule has 1 fully saturated rings. The number of amides is 2. The number of carbonyl (C=O) groups excluding carboxylic acids is 2. The molecule has 0 radical (unpaired) electrons. The van der Waals surface area contributed by atoms with E-state index in [1.54, 1.807) is 43.0 Å². The first-order valence-electron chi connectivity index (χ1n) is 7.96. The van der Waals surface area contributed by atoms with Gasteiger partial charge in [-0.2, -0.15) is 5.26 Å². The number of piperidine rings is 1. The van der Waals surface area contributed by atoms with E-state index in [2.05, 4.69) is 12.2 Å². The number of benzene rings is 1. The number of anilines is 1. The van der Waals surface area contributed by atoms with Gasteiger partial charge in [0.25, 0.3) is 0 Å². The summed E-state index contributed by atoms with van der Waals surface area (Å²) in [5.74, 6) is -0.0784. The van der Waals surface area contributed by atoms with E-state index in [-0.39, 0.29) is 11.8 Å². The Morgan fingerprint density at radius 2 is 2.04 bits per heavy atom. The fraction of sp³-hybridized carbons (Fsp3) is 0.500. The normalized spacial score (nSPS) is 18.2. The predicted molar refractivity (Wildman–Crippen MR) is 88.5 cm³/mol. The highest BCUT2D eigenvalue weighted by Gasteiger charge is 2.40. The molecule has 1 aliphatic heterocycles. The summed E-state index contributed by atoms with van der Waals surface area (Å²) in [5.41, 5.74) is -0.344. The number of carbonyl (C=O) groups is 2. The van der Waals surface area contributed by atoms with E-state index >= 15 is 0 Å². The van der Waals surface area contributed by atoms with Gasteiger partial charge < -0.3 is 10.2 Å². The highest BCUT2D eigenvalue weighted by Crippen LogP contribution is 2.26. The lowest BCUT2D eigenvalue weighted by molar-refractivity contribution is -0.147. The third kappa shape index (κ3) is 3.70. The molecule has 2 amide bonds. The summed E-state index contributed by atoms with van der Waals surface area (Å²) < 4.78 is 0. The van der Waals surface area contributed by atoms with Crippen molar-refractivity contribution in [1.82, 2.24) is 4.90 Å². The number of rotatable bonds is 3. The van der Waals surface area contributed by atoms with Gasteiger partial charge in [-0.3, -0.25) is 9.59 Å². The zero-order chi connectivity index (χ0) is 17.0. The van der Waals surface area contributed by atoms with Gasteiger partial charge in [-0.15, -0.1) is 0 Å². The molecule has 1 aromatic rings. The molecule has 1 aromatic carbocycles. The van der Waals surface area contributed by atoms with Gasteiger partial charge in [-0.1, -0.05) is 19.1 Å². The van der Waals surface area contributed by atoms with Crippen molar-refractivity contribution >= 4 is 17.5 Å². The van der Waals surface area contributed by atoms with Crippen LogP contribution in [0, 0.1) is 22.7 Å². The second-order valence-electron chi connectivity index (χ2n) is 6.74. The molecule has 1 saturated heterocycles. The Morgan fingerprint density at radius 3 is 2.70 bits per heavy atom. The van der Waals surface area contributed by atoms with Crippen LogP contribution in [0.4, 0.5) is 5.69 Å². The Labute approximate surface area is 137 Å². The minimum Gasteiger partial charge on any atom is -0.342 e. The number of para-hydroxylation sites is 1. The molecule has 0 bridgehead atoms. The molecular formula is C18H23N3O2. The fourth-order valence-electron chi connectivity index (χ4n) is 2.83. The van der Waals surface area contributed by atoms with E-state index in [1.807, 2.05) is 6.07 Å². The zero-order valence-electron chi connectivity index (χ0n) is 13.9. The van der Waals surface area contributed by atoms with Crippen LogP contribution in [0.1, 0.15) is 39.2 Å². The number of nitriles is 1. The van der Waals surface area contributed by atoms with E-state index in [9.17, 15) is 9.59 Å². The van der Waals surface area contributed by atoms with Crippen molar-refractivity contribution < 1.29 is 9.59 Å². The van der Waals surface area contributed by atoms with Crippen LogP contribution in [0.15, 0.2) is 24.3 Å². The standard InChI is InChI=1S/C18H23N3O2/c1-13-7-6-10-21(12-13)17(23)18(2,3)16(22)20-15-9-5-4-8-14(15)11-19/h4-5,8-9,13H,6-7,10,12H2,1-3H3,(H,20,22). The molecule has 2 rings (SSSR count). The maximum atomic E-state index is 12.8. The van der Waals surface area contributed by atoms with E-state index < -0.39 is 5.41 Å². The lowest BCUT2D eigenvalue weighted by atomic mass is 9.88. The molecule has 23 heavy (non-hydrogen) atoms. The quantitative estimate of drug-likeness (QED) is 0.872. The molecule has 1 unspecified atom stereocenters. The molecule has 122 valence electrons. The van der Waals surface area contributed by atoms with Gasteiger partial charge in [-0.25, -0.2) is 0 Å². The number of nitrogens with one attached hydrogen (secondary N) is 1. The van der Waals surface area contributed by atoms with Crippen LogP contribution in [0.2, 0.25) is 0 Å². The summed E-state index contributed by atoms with van der Waals surface area (Å²) in [4.78, 5) is 27.1. The van der Waals surface area contributed by atoms with Gasteiger partial charge in [-0.05, 0) is 44.7 Å². The summed E-state index contributed by atoms with van der Waals surface area (Å²) in [7, 11) is 0. The number of likely N-dealkylation sites (tertiary alicyclic amines) is 1. The lowest BCUT2D eigenvalue weighted by Gasteiger charge is -2.36. The molecule has 1 N–H and O–H groups in total. The van der Waals surface area contributed by atoms with Gasteiger partial charge in [0.1, 0.15) is 11.5 Å². The molecule has 5 nitrogen and oxygen atoms in total. The molecule has 0 aliphatic carbocycles. The molecule has 5 heteroatoms. The molecule has 0 aromatic heterocycles. The van der Waals surface area contributed by atoms with Gasteiger partial charge in [0, 0.05) is 13.1 Å². The van der Waals surface area contributed by atoms with E-state index in [4.69, 9.17) is 5.26 Å². The van der Waals surface area contributed by atoms with Crippen LogP contribution in [0.5, 0.6) is 0 Å². The van der Waals surface area contributed by atoms with Crippen molar-refractivity contribution in [2.24, 2.45) is 11.3 Å². The van der Waals surface area contributed by atoms with Crippen LogP contribution in [-0.4, -0.2) is 29.8 Å². The third-order valence-electron chi connectivity index (χ3n) is 4.34. The van der Waals surface area contributed by atoms with Crippen LogP contribution in [-0.2, 0) is 9.59 Å². The number of nitrogens with zero attached hydrogens (tertiary/aromatic N) is 2. The first kappa shape index (κ1) is 17.0. The Hall–Kier alpha value is -2.35. The van der Waals surface area contributed by atoms with Crippen molar-refractivity contribution in [3.63, 3.8) is 0 Å². The Morgan fingerprint density at radius 1 is 1.35 bits per heavy atom. The predicted octanol–water partition coefficient (Wildman–Crippen LogP) is 2.78. The minimum absolute atomic E-state index is 0.156. The monoisotopic (exact) mass is 313 g/mol. The Bertz CT molecular complexity index is 646. The maximum Gasteiger partial charge on any atom is 0.239 e. The van der Waals surface area contributed by atoms with Gasteiger partial charge in [0.05, 0.1) is 11.3 Å². The molecule has 1 aliphatic rings. The summed E-state index contributed by atoms with van der Waals surface area (Å²) in [6, 6.07) is 8.83. The summed E-state index contributed by atoms with van der Waals surface area (Å²) >= 11 is 0. The highest BCUT2D eigenvalue weighted by atomic mass is 16.2. The van der Waals surface area contributed by atoms with Crippen molar-refractivity contribution in [3.8, 4) is 6.07 Å².